The maximum Gasteiger partial charge on any atom is 0.297 e. The van der Waals surface area contributed by atoms with Gasteiger partial charge < -0.3 is 13.9 Å². The molecule has 7 nitrogen and oxygen atoms in total. The molecule has 186 valence electrons. The first-order valence-corrected chi connectivity index (χ1v) is 12.8. The van der Waals surface area contributed by atoms with Crippen molar-refractivity contribution in [3.8, 4) is 11.5 Å². The number of amides is 1. The van der Waals surface area contributed by atoms with E-state index in [1.807, 2.05) is 18.2 Å². The number of benzene rings is 3. The lowest BCUT2D eigenvalue weighted by Crippen LogP contribution is -2.29. The zero-order valence-electron chi connectivity index (χ0n) is 20.2. The highest BCUT2D eigenvalue weighted by Crippen LogP contribution is 2.45. The van der Waals surface area contributed by atoms with Crippen LogP contribution in [-0.4, -0.2) is 25.1 Å². The van der Waals surface area contributed by atoms with Crippen LogP contribution in [0.2, 0.25) is 5.02 Å². The number of aryl methyl sites for hydroxylation is 1. The van der Waals surface area contributed by atoms with Crippen molar-refractivity contribution in [3.63, 3.8) is 0 Å². The highest BCUT2D eigenvalue weighted by atomic mass is 35.5. The lowest BCUT2D eigenvalue weighted by atomic mass is 9.98. The van der Waals surface area contributed by atoms with Gasteiger partial charge in [0.2, 0.25) is 5.76 Å². The molecule has 0 aliphatic carbocycles. The Kier molecular flexibility index (Phi) is 5.66. The fraction of sp³-hybridized carbons (Fsp3) is 0.179. The molecule has 0 spiro atoms. The molecule has 0 saturated carbocycles. The fourth-order valence-corrected chi connectivity index (χ4v) is 5.99. The number of anilines is 1. The predicted molar refractivity (Wildman–Crippen MR) is 145 cm³/mol. The summed E-state index contributed by atoms with van der Waals surface area (Å²) in [5, 5.41) is 1.19. The molecule has 3 aromatic carbocycles. The van der Waals surface area contributed by atoms with Gasteiger partial charge in [0.05, 0.1) is 41.4 Å². The number of aromatic nitrogens is 1. The average molecular weight is 533 g/mol. The Balaban J connectivity index is 1.62. The van der Waals surface area contributed by atoms with E-state index in [0.29, 0.717) is 38.2 Å². The third-order valence-electron chi connectivity index (χ3n) is 6.61. The summed E-state index contributed by atoms with van der Waals surface area (Å²) in [5.74, 6) is 0.573. The zero-order valence-corrected chi connectivity index (χ0v) is 21.8. The van der Waals surface area contributed by atoms with Crippen molar-refractivity contribution in [2.45, 2.75) is 19.4 Å². The number of rotatable bonds is 5. The van der Waals surface area contributed by atoms with Gasteiger partial charge in [-0.1, -0.05) is 42.0 Å². The van der Waals surface area contributed by atoms with Crippen LogP contribution in [0.4, 0.5) is 5.13 Å². The van der Waals surface area contributed by atoms with E-state index in [2.05, 4.69) is 13.0 Å². The number of carbonyl (C=O) groups excluding carboxylic acids is 1. The lowest BCUT2D eigenvalue weighted by molar-refractivity contribution is 0.0971. The second-order valence-electron chi connectivity index (χ2n) is 8.66. The summed E-state index contributed by atoms with van der Waals surface area (Å²) in [7, 11) is 3.09. The summed E-state index contributed by atoms with van der Waals surface area (Å²) < 4.78 is 17.9. The van der Waals surface area contributed by atoms with Crippen LogP contribution in [0.3, 0.4) is 0 Å². The van der Waals surface area contributed by atoms with Gasteiger partial charge >= 0.3 is 0 Å². The van der Waals surface area contributed by atoms with Crippen LogP contribution in [0, 0.1) is 0 Å². The molecule has 0 fully saturated rings. The summed E-state index contributed by atoms with van der Waals surface area (Å²) in [5.41, 5.74) is 2.83. The van der Waals surface area contributed by atoms with Crippen LogP contribution in [0.15, 0.2) is 63.8 Å². The first kappa shape index (κ1) is 23.5. The summed E-state index contributed by atoms with van der Waals surface area (Å²) in [4.78, 5) is 34.0. The number of ether oxygens (including phenoxy) is 2. The van der Waals surface area contributed by atoms with Gasteiger partial charge in [0, 0.05) is 5.02 Å². The van der Waals surface area contributed by atoms with E-state index in [1.165, 1.54) is 28.9 Å². The van der Waals surface area contributed by atoms with Gasteiger partial charge in [-0.15, -0.1) is 0 Å². The van der Waals surface area contributed by atoms with Crippen molar-refractivity contribution in [1.29, 1.82) is 0 Å². The molecular weight excluding hydrogens is 512 g/mol. The quantitative estimate of drug-likeness (QED) is 0.261. The molecule has 9 heteroatoms. The number of methoxy groups -OCH3 is 2. The highest BCUT2D eigenvalue weighted by Gasteiger charge is 2.45. The maximum atomic E-state index is 13.9. The van der Waals surface area contributed by atoms with Gasteiger partial charge in [-0.3, -0.25) is 14.5 Å². The average Bonchev–Trinajstić information content (AvgIpc) is 3.46. The molecule has 6 rings (SSSR count). The molecule has 0 N–H and O–H groups in total. The van der Waals surface area contributed by atoms with Crippen molar-refractivity contribution < 1.29 is 18.7 Å². The number of halogens is 1. The second kappa shape index (κ2) is 8.90. The molecule has 2 aromatic heterocycles. The molecule has 0 bridgehead atoms. The van der Waals surface area contributed by atoms with Crippen LogP contribution in [0.5, 0.6) is 11.5 Å². The molecule has 1 unspecified atom stereocenters. The number of thiazole rings is 1. The van der Waals surface area contributed by atoms with Crippen LogP contribution < -0.4 is 19.8 Å². The third kappa shape index (κ3) is 3.67. The molecular formula is C28H21ClN2O5S. The normalized spacial score (nSPS) is 15.0. The molecule has 5 aromatic rings. The number of nitrogens with zero attached hydrogens (tertiary/aromatic N) is 2. The fourth-order valence-electron chi connectivity index (χ4n) is 4.76. The molecule has 0 radical (unpaired) electrons. The van der Waals surface area contributed by atoms with Crippen molar-refractivity contribution >= 4 is 55.2 Å². The Hall–Kier alpha value is -3.88. The van der Waals surface area contributed by atoms with Gasteiger partial charge in [0.25, 0.3) is 5.91 Å². The molecule has 3 heterocycles. The number of hydrogen-bond donors (Lipinski definition) is 0. The predicted octanol–water partition coefficient (Wildman–Crippen LogP) is 6.39. The van der Waals surface area contributed by atoms with Gasteiger partial charge in [-0.2, -0.15) is 0 Å². The Morgan fingerprint density at radius 1 is 1.03 bits per heavy atom. The minimum absolute atomic E-state index is 0.00638. The van der Waals surface area contributed by atoms with Crippen molar-refractivity contribution in [2.24, 2.45) is 0 Å². The molecule has 1 atom stereocenters. The number of hydrogen-bond acceptors (Lipinski definition) is 7. The third-order valence-corrected chi connectivity index (χ3v) is 7.86. The summed E-state index contributed by atoms with van der Waals surface area (Å²) in [6, 6.07) is 15.4. The van der Waals surface area contributed by atoms with Crippen LogP contribution in [-0.2, 0) is 6.42 Å². The zero-order chi connectivity index (χ0) is 25.8. The van der Waals surface area contributed by atoms with Gasteiger partial charge in [0.15, 0.2) is 22.1 Å². The molecule has 37 heavy (non-hydrogen) atoms. The Bertz CT molecular complexity index is 1780. The van der Waals surface area contributed by atoms with E-state index in [4.69, 9.17) is 30.5 Å². The minimum Gasteiger partial charge on any atom is -0.493 e. The second-order valence-corrected chi connectivity index (χ2v) is 10.1. The Labute approximate surface area is 220 Å². The lowest BCUT2D eigenvalue weighted by Gasteiger charge is -2.23. The topological polar surface area (TPSA) is 81.9 Å². The van der Waals surface area contributed by atoms with E-state index < -0.39 is 11.9 Å². The summed E-state index contributed by atoms with van der Waals surface area (Å²) in [6.07, 6.45) is 0.888. The van der Waals surface area contributed by atoms with Gasteiger partial charge in [-0.05, 0) is 60.0 Å². The van der Waals surface area contributed by atoms with Crippen LogP contribution >= 0.6 is 22.9 Å². The van der Waals surface area contributed by atoms with Crippen molar-refractivity contribution in [3.05, 3.63) is 92.3 Å². The van der Waals surface area contributed by atoms with Gasteiger partial charge in [0.1, 0.15) is 5.58 Å². The van der Waals surface area contributed by atoms with Crippen molar-refractivity contribution in [2.75, 3.05) is 19.1 Å². The SMILES string of the molecule is CCc1ccc2nc(N3C(=O)c4oc5ccc(Cl)cc5c(=O)c4C3c3ccc(OC)c(OC)c3)sc2c1. The standard InChI is InChI=1S/C28H21ClN2O5S/c1-4-14-5-8-18-22(11-14)37-28(30-18)31-24(15-6-9-20(34-2)21(12-15)35-3)23-25(32)17-13-16(29)7-10-19(17)36-26(23)27(31)33/h5-13,24H,4H2,1-3H3. The molecule has 0 saturated heterocycles. The largest absolute Gasteiger partial charge is 0.493 e. The first-order valence-electron chi connectivity index (χ1n) is 11.6. The van der Waals surface area contributed by atoms with E-state index in [0.717, 1.165) is 16.6 Å². The Morgan fingerprint density at radius 3 is 2.59 bits per heavy atom. The maximum absolute atomic E-state index is 13.9. The van der Waals surface area contributed by atoms with E-state index >= 15 is 0 Å². The summed E-state index contributed by atoms with van der Waals surface area (Å²) >= 11 is 7.59. The monoisotopic (exact) mass is 532 g/mol. The van der Waals surface area contributed by atoms with E-state index in [9.17, 15) is 9.59 Å². The summed E-state index contributed by atoms with van der Waals surface area (Å²) in [6.45, 7) is 2.09. The molecule has 1 aliphatic rings. The Morgan fingerprint density at radius 2 is 1.84 bits per heavy atom. The van der Waals surface area contributed by atoms with E-state index in [-0.39, 0.29) is 16.8 Å². The minimum atomic E-state index is -0.784. The van der Waals surface area contributed by atoms with Crippen molar-refractivity contribution in [1.82, 2.24) is 4.98 Å². The smallest absolute Gasteiger partial charge is 0.297 e. The highest BCUT2D eigenvalue weighted by molar-refractivity contribution is 7.22. The van der Waals surface area contributed by atoms with E-state index in [1.54, 1.807) is 37.4 Å². The van der Waals surface area contributed by atoms with Crippen LogP contribution in [0.25, 0.3) is 21.2 Å². The first-order chi connectivity index (χ1) is 17.9. The van der Waals surface area contributed by atoms with Gasteiger partial charge in [-0.25, -0.2) is 4.98 Å². The van der Waals surface area contributed by atoms with Crippen LogP contribution in [0.1, 0.15) is 40.2 Å². The molecule has 1 aliphatic heterocycles. The molecule has 1 amide bonds. The number of carbonyl (C=O) groups is 1. The number of fused-ring (bicyclic) bond motifs is 3.